The van der Waals surface area contributed by atoms with Gasteiger partial charge in [-0.3, -0.25) is 0 Å². The molecule has 0 aliphatic heterocycles. The van der Waals surface area contributed by atoms with Crippen LogP contribution < -0.4 is 4.74 Å². The maximum Gasteiger partial charge on any atom is 0.341 e. The fourth-order valence-corrected chi connectivity index (χ4v) is 1.77. The molecule has 0 aliphatic rings. The summed E-state index contributed by atoms with van der Waals surface area (Å²) in [6, 6.07) is 8.82. The van der Waals surface area contributed by atoms with Gasteiger partial charge in [0.15, 0.2) is 0 Å². The number of carboxylic acids is 1. The number of benzene rings is 1. The first-order valence-electron chi connectivity index (χ1n) is 5.20. The van der Waals surface area contributed by atoms with E-state index in [1.807, 2.05) is 25.1 Å². The molecule has 2 aromatic rings. The summed E-state index contributed by atoms with van der Waals surface area (Å²) in [5, 5.41) is 9.10. The van der Waals surface area contributed by atoms with E-state index in [4.69, 9.17) is 9.84 Å². The molecule has 1 heterocycles. The number of halogens is 1. The molecule has 5 heteroatoms. The van der Waals surface area contributed by atoms with Gasteiger partial charge in [0.1, 0.15) is 11.3 Å². The van der Waals surface area contributed by atoms with Gasteiger partial charge in [-0.1, -0.05) is 18.2 Å². The van der Waals surface area contributed by atoms with E-state index in [-0.39, 0.29) is 11.4 Å². The molecule has 4 nitrogen and oxygen atoms in total. The average Bonchev–Trinajstić information content (AvgIpc) is 2.34. The molecule has 0 saturated carbocycles. The molecule has 18 heavy (non-hydrogen) atoms. The fraction of sp³-hybridized carbons (Fsp3) is 0.0769. The zero-order valence-electron chi connectivity index (χ0n) is 9.55. The van der Waals surface area contributed by atoms with Crippen molar-refractivity contribution >= 4 is 21.9 Å². The molecule has 0 saturated heterocycles. The van der Waals surface area contributed by atoms with Crippen LogP contribution in [0.2, 0.25) is 0 Å². The Morgan fingerprint density at radius 1 is 1.39 bits per heavy atom. The van der Waals surface area contributed by atoms with Crippen LogP contribution in [0, 0.1) is 6.92 Å². The molecule has 1 aromatic carbocycles. The van der Waals surface area contributed by atoms with Crippen LogP contribution in [-0.4, -0.2) is 16.1 Å². The van der Waals surface area contributed by atoms with E-state index in [2.05, 4.69) is 20.9 Å². The molecule has 92 valence electrons. The number of carboxylic acid groups (broad SMARTS) is 1. The molecule has 0 fully saturated rings. The van der Waals surface area contributed by atoms with E-state index in [9.17, 15) is 4.79 Å². The van der Waals surface area contributed by atoms with Crippen LogP contribution in [0.15, 0.2) is 41.0 Å². The van der Waals surface area contributed by atoms with Gasteiger partial charge >= 0.3 is 5.97 Å². The minimum atomic E-state index is -1.08. The Morgan fingerprint density at radius 2 is 2.11 bits per heavy atom. The second-order valence-corrected chi connectivity index (χ2v) is 4.59. The lowest BCUT2D eigenvalue weighted by molar-refractivity contribution is 0.0693. The van der Waals surface area contributed by atoms with Crippen molar-refractivity contribution < 1.29 is 14.6 Å². The highest BCUT2D eigenvalue weighted by molar-refractivity contribution is 9.10. The number of rotatable bonds is 3. The third-order valence-electron chi connectivity index (χ3n) is 2.35. The molecular formula is C13H10BrNO3. The summed E-state index contributed by atoms with van der Waals surface area (Å²) in [4.78, 5) is 15.1. The van der Waals surface area contributed by atoms with E-state index in [1.54, 1.807) is 6.07 Å². The van der Waals surface area contributed by atoms with E-state index < -0.39 is 5.97 Å². The van der Waals surface area contributed by atoms with Gasteiger partial charge in [0, 0.05) is 10.7 Å². The number of nitrogens with zero attached hydrogens (tertiary/aromatic N) is 1. The fourth-order valence-electron chi connectivity index (χ4n) is 1.44. The van der Waals surface area contributed by atoms with Crippen LogP contribution in [-0.2, 0) is 0 Å². The zero-order chi connectivity index (χ0) is 13.1. The predicted octanol–water partition coefficient (Wildman–Crippen LogP) is 3.64. The highest BCUT2D eigenvalue weighted by Gasteiger charge is 2.14. The van der Waals surface area contributed by atoms with Gasteiger partial charge in [0.2, 0.25) is 5.88 Å². The van der Waals surface area contributed by atoms with E-state index in [1.165, 1.54) is 12.3 Å². The zero-order valence-corrected chi connectivity index (χ0v) is 11.1. The number of ether oxygens (including phenoxy) is 1. The molecule has 0 amide bonds. The van der Waals surface area contributed by atoms with E-state index in [0.29, 0.717) is 10.2 Å². The van der Waals surface area contributed by atoms with Crippen molar-refractivity contribution in [2.45, 2.75) is 6.92 Å². The molecule has 0 atom stereocenters. The molecule has 0 aliphatic carbocycles. The monoisotopic (exact) mass is 307 g/mol. The van der Waals surface area contributed by atoms with Gasteiger partial charge in [-0.25, -0.2) is 9.78 Å². The number of aromatic nitrogens is 1. The Balaban J connectivity index is 2.41. The minimum absolute atomic E-state index is 0.0210. The van der Waals surface area contributed by atoms with Crippen LogP contribution >= 0.6 is 15.9 Å². The lowest BCUT2D eigenvalue weighted by Gasteiger charge is -2.09. The van der Waals surface area contributed by atoms with Crippen molar-refractivity contribution in [1.82, 2.24) is 4.98 Å². The Kier molecular flexibility index (Phi) is 3.62. The van der Waals surface area contributed by atoms with E-state index >= 15 is 0 Å². The Labute approximate surface area is 112 Å². The number of hydrogen-bond acceptors (Lipinski definition) is 3. The van der Waals surface area contributed by atoms with Gasteiger partial charge in [0.05, 0.1) is 0 Å². The first-order valence-corrected chi connectivity index (χ1v) is 5.99. The number of para-hydroxylation sites is 1. The van der Waals surface area contributed by atoms with Gasteiger partial charge in [0.25, 0.3) is 0 Å². The lowest BCUT2D eigenvalue weighted by Crippen LogP contribution is -2.02. The Morgan fingerprint density at radius 3 is 2.78 bits per heavy atom. The van der Waals surface area contributed by atoms with E-state index in [0.717, 1.165) is 5.56 Å². The van der Waals surface area contributed by atoms with Crippen LogP contribution in [0.4, 0.5) is 0 Å². The SMILES string of the molecule is Cc1ccccc1Oc1ncc(Br)cc1C(=O)O. The molecular weight excluding hydrogens is 298 g/mol. The molecule has 0 radical (unpaired) electrons. The highest BCUT2D eigenvalue weighted by Crippen LogP contribution is 2.27. The summed E-state index contributed by atoms with van der Waals surface area (Å²) in [5.74, 6) is -0.401. The number of hydrogen-bond donors (Lipinski definition) is 1. The first kappa shape index (κ1) is 12.6. The minimum Gasteiger partial charge on any atom is -0.477 e. The lowest BCUT2D eigenvalue weighted by atomic mass is 10.2. The number of aryl methyl sites for hydroxylation is 1. The topological polar surface area (TPSA) is 59.4 Å². The Bertz CT molecular complexity index is 599. The molecule has 0 bridgehead atoms. The predicted molar refractivity (Wildman–Crippen MR) is 70.1 cm³/mol. The quantitative estimate of drug-likeness (QED) is 0.940. The van der Waals surface area contributed by atoms with Crippen LogP contribution in [0.5, 0.6) is 11.6 Å². The van der Waals surface area contributed by atoms with Gasteiger partial charge in [-0.15, -0.1) is 0 Å². The largest absolute Gasteiger partial charge is 0.477 e. The van der Waals surface area contributed by atoms with Crippen LogP contribution in [0.3, 0.4) is 0 Å². The summed E-state index contributed by atoms with van der Waals surface area (Å²) in [6.07, 6.45) is 1.50. The molecule has 1 aromatic heterocycles. The third-order valence-corrected chi connectivity index (χ3v) is 2.78. The first-order chi connectivity index (χ1) is 8.58. The second-order valence-electron chi connectivity index (χ2n) is 3.68. The molecule has 0 unspecified atom stereocenters. The van der Waals surface area contributed by atoms with Crippen molar-refractivity contribution in [2.24, 2.45) is 0 Å². The maximum atomic E-state index is 11.1. The highest BCUT2D eigenvalue weighted by atomic mass is 79.9. The summed E-state index contributed by atoms with van der Waals surface area (Å²) >= 11 is 3.18. The summed E-state index contributed by atoms with van der Waals surface area (Å²) in [5.41, 5.74) is 0.936. The normalized spacial score (nSPS) is 10.1. The van der Waals surface area contributed by atoms with Crippen molar-refractivity contribution in [3.63, 3.8) is 0 Å². The maximum absolute atomic E-state index is 11.1. The summed E-state index contributed by atoms with van der Waals surface area (Å²) in [7, 11) is 0. The molecule has 0 spiro atoms. The van der Waals surface area contributed by atoms with Crippen LogP contribution in [0.1, 0.15) is 15.9 Å². The van der Waals surface area contributed by atoms with Gasteiger partial charge < -0.3 is 9.84 Å². The standard InChI is InChI=1S/C13H10BrNO3/c1-8-4-2-3-5-11(8)18-12-10(13(16)17)6-9(14)7-15-12/h2-7H,1H3,(H,16,17). The summed E-state index contributed by atoms with van der Waals surface area (Å²) < 4.78 is 6.14. The van der Waals surface area contributed by atoms with Gasteiger partial charge in [-0.05, 0) is 40.5 Å². The average molecular weight is 308 g/mol. The number of carbonyl (C=O) groups is 1. The number of pyridine rings is 1. The second kappa shape index (κ2) is 5.18. The summed E-state index contributed by atoms with van der Waals surface area (Å²) in [6.45, 7) is 1.88. The van der Waals surface area contributed by atoms with Crippen molar-refractivity contribution in [3.8, 4) is 11.6 Å². The molecule has 2 rings (SSSR count). The molecule has 1 N–H and O–H groups in total. The smallest absolute Gasteiger partial charge is 0.341 e. The van der Waals surface area contributed by atoms with Crippen molar-refractivity contribution in [3.05, 3.63) is 52.1 Å². The Hall–Kier alpha value is -1.88. The van der Waals surface area contributed by atoms with Crippen molar-refractivity contribution in [2.75, 3.05) is 0 Å². The van der Waals surface area contributed by atoms with Crippen LogP contribution in [0.25, 0.3) is 0 Å². The van der Waals surface area contributed by atoms with Crippen molar-refractivity contribution in [1.29, 1.82) is 0 Å². The van der Waals surface area contributed by atoms with Gasteiger partial charge in [-0.2, -0.15) is 0 Å². The third kappa shape index (κ3) is 2.68. The number of aromatic carboxylic acids is 1.